The van der Waals surface area contributed by atoms with E-state index in [9.17, 15) is 13.2 Å². The molecule has 0 spiro atoms. The quantitative estimate of drug-likeness (QED) is 0.845. The Labute approximate surface area is 97.4 Å². The van der Waals surface area contributed by atoms with E-state index in [4.69, 9.17) is 5.11 Å². The van der Waals surface area contributed by atoms with Crippen molar-refractivity contribution in [2.45, 2.75) is 19.9 Å². The number of nitrogens with zero attached hydrogens (tertiary/aromatic N) is 1. The number of aliphatic hydroxyl groups excluding tert-OH is 1. The molecule has 15 heavy (non-hydrogen) atoms. The summed E-state index contributed by atoms with van der Waals surface area (Å²) in [6.45, 7) is 1.25. The van der Waals surface area contributed by atoms with E-state index in [1.807, 2.05) is 22.6 Å². The van der Waals surface area contributed by atoms with Crippen molar-refractivity contribution in [1.29, 1.82) is 0 Å². The highest BCUT2D eigenvalue weighted by atomic mass is 127. The van der Waals surface area contributed by atoms with Gasteiger partial charge in [-0.05, 0) is 29.5 Å². The Morgan fingerprint density at radius 1 is 1.53 bits per heavy atom. The standard InChI is InChI=1S/C8H7F3INO2/c1-4-5(3-14)6(12)2-7(13-4)15-8(9,10)11/h2,14H,3H2,1H3. The SMILES string of the molecule is Cc1nc(OC(F)(F)F)cc(I)c1CO. The molecular formula is C8H7F3INO2. The largest absolute Gasteiger partial charge is 0.574 e. The van der Waals surface area contributed by atoms with Crippen molar-refractivity contribution >= 4 is 22.6 Å². The lowest BCUT2D eigenvalue weighted by Crippen LogP contribution is -2.18. The summed E-state index contributed by atoms with van der Waals surface area (Å²) < 4.78 is 39.8. The van der Waals surface area contributed by atoms with Gasteiger partial charge in [0.1, 0.15) is 0 Å². The molecular weight excluding hydrogens is 326 g/mol. The number of aromatic nitrogens is 1. The first-order valence-electron chi connectivity index (χ1n) is 3.86. The third-order valence-corrected chi connectivity index (χ3v) is 2.59. The topological polar surface area (TPSA) is 42.4 Å². The Bertz CT molecular complexity index is 344. The van der Waals surface area contributed by atoms with E-state index in [2.05, 4.69) is 9.72 Å². The van der Waals surface area contributed by atoms with Crippen LogP contribution in [0.15, 0.2) is 6.07 Å². The van der Waals surface area contributed by atoms with Crippen molar-refractivity contribution in [2.75, 3.05) is 0 Å². The van der Waals surface area contributed by atoms with Crippen LogP contribution in [0.3, 0.4) is 0 Å². The van der Waals surface area contributed by atoms with Crippen LogP contribution in [0.5, 0.6) is 5.88 Å². The molecule has 1 aromatic rings. The number of ether oxygens (including phenoxy) is 1. The van der Waals surface area contributed by atoms with E-state index in [1.54, 1.807) is 0 Å². The molecule has 0 amide bonds. The predicted molar refractivity (Wildman–Crippen MR) is 54.3 cm³/mol. The molecule has 0 fully saturated rings. The summed E-state index contributed by atoms with van der Waals surface area (Å²) in [6.07, 6.45) is -4.75. The van der Waals surface area contributed by atoms with E-state index in [0.717, 1.165) is 6.07 Å². The van der Waals surface area contributed by atoms with Crippen molar-refractivity contribution < 1.29 is 23.0 Å². The highest BCUT2D eigenvalue weighted by molar-refractivity contribution is 14.1. The maximum absolute atomic E-state index is 11.9. The maximum Gasteiger partial charge on any atom is 0.574 e. The minimum Gasteiger partial charge on any atom is -0.392 e. The Kier molecular flexibility index (Phi) is 3.77. The fraction of sp³-hybridized carbons (Fsp3) is 0.375. The van der Waals surface area contributed by atoms with Crippen LogP contribution in [0.25, 0.3) is 0 Å². The van der Waals surface area contributed by atoms with E-state index in [1.165, 1.54) is 6.92 Å². The third-order valence-electron chi connectivity index (χ3n) is 1.63. The van der Waals surface area contributed by atoms with Crippen LogP contribution in [0.1, 0.15) is 11.3 Å². The lowest BCUT2D eigenvalue weighted by molar-refractivity contribution is -0.276. The van der Waals surface area contributed by atoms with Gasteiger partial charge in [-0.25, -0.2) is 4.98 Å². The first kappa shape index (κ1) is 12.5. The first-order valence-corrected chi connectivity index (χ1v) is 4.94. The van der Waals surface area contributed by atoms with Gasteiger partial charge >= 0.3 is 6.36 Å². The summed E-state index contributed by atoms with van der Waals surface area (Å²) in [5.74, 6) is -0.512. The molecule has 0 aliphatic carbocycles. The predicted octanol–water partition coefficient (Wildman–Crippen LogP) is 2.39. The number of hydrogen-bond donors (Lipinski definition) is 1. The van der Waals surface area contributed by atoms with Crippen molar-refractivity contribution in [3.63, 3.8) is 0 Å². The van der Waals surface area contributed by atoms with Gasteiger partial charge in [-0.2, -0.15) is 0 Å². The summed E-state index contributed by atoms with van der Waals surface area (Å²) >= 11 is 1.82. The van der Waals surface area contributed by atoms with Gasteiger partial charge in [-0.3, -0.25) is 0 Å². The molecule has 0 atom stereocenters. The number of rotatable bonds is 2. The number of pyridine rings is 1. The lowest BCUT2D eigenvalue weighted by atomic mass is 10.2. The highest BCUT2D eigenvalue weighted by Gasteiger charge is 2.32. The van der Waals surface area contributed by atoms with Crippen LogP contribution in [-0.4, -0.2) is 16.5 Å². The van der Waals surface area contributed by atoms with Crippen molar-refractivity contribution in [3.05, 3.63) is 20.9 Å². The summed E-state index contributed by atoms with van der Waals surface area (Å²) in [5, 5.41) is 8.91. The first-order chi connectivity index (χ1) is 6.83. The molecule has 0 saturated heterocycles. The molecule has 1 rings (SSSR count). The van der Waals surface area contributed by atoms with Gasteiger partial charge in [-0.15, -0.1) is 13.2 Å². The molecule has 0 aliphatic heterocycles. The van der Waals surface area contributed by atoms with E-state index in [-0.39, 0.29) is 6.61 Å². The smallest absolute Gasteiger partial charge is 0.392 e. The highest BCUT2D eigenvalue weighted by Crippen LogP contribution is 2.25. The number of halogens is 4. The molecule has 1 N–H and O–H groups in total. The van der Waals surface area contributed by atoms with Crippen LogP contribution in [0, 0.1) is 10.5 Å². The van der Waals surface area contributed by atoms with Crippen molar-refractivity contribution in [2.24, 2.45) is 0 Å². The van der Waals surface area contributed by atoms with Crippen LogP contribution in [0.2, 0.25) is 0 Å². The van der Waals surface area contributed by atoms with Gasteiger partial charge in [0, 0.05) is 20.9 Å². The summed E-state index contributed by atoms with van der Waals surface area (Å²) in [5.41, 5.74) is 0.828. The molecule has 0 unspecified atom stereocenters. The Hall–Kier alpha value is -0.570. The van der Waals surface area contributed by atoms with Crippen LogP contribution in [-0.2, 0) is 6.61 Å². The minimum atomic E-state index is -4.75. The third kappa shape index (κ3) is 3.49. The Morgan fingerprint density at radius 2 is 2.13 bits per heavy atom. The van der Waals surface area contributed by atoms with Gasteiger partial charge in [-0.1, -0.05) is 0 Å². The fourth-order valence-corrected chi connectivity index (χ4v) is 1.82. The summed E-state index contributed by atoms with van der Waals surface area (Å²) in [4.78, 5) is 3.58. The molecule has 0 radical (unpaired) electrons. The van der Waals surface area contributed by atoms with E-state index < -0.39 is 12.2 Å². The molecule has 3 nitrogen and oxygen atoms in total. The number of aliphatic hydroxyl groups is 1. The molecule has 1 aromatic heterocycles. The minimum absolute atomic E-state index is 0.261. The average molecular weight is 333 g/mol. The molecule has 0 saturated carbocycles. The fourth-order valence-electron chi connectivity index (χ4n) is 0.994. The van der Waals surface area contributed by atoms with Crippen LogP contribution < -0.4 is 4.74 Å². The maximum atomic E-state index is 11.9. The second kappa shape index (κ2) is 4.52. The van der Waals surface area contributed by atoms with Crippen molar-refractivity contribution in [1.82, 2.24) is 4.98 Å². The zero-order valence-electron chi connectivity index (χ0n) is 7.60. The van der Waals surface area contributed by atoms with E-state index in [0.29, 0.717) is 14.8 Å². The number of alkyl halides is 3. The number of aryl methyl sites for hydroxylation is 1. The Balaban J connectivity index is 3.04. The molecule has 1 heterocycles. The molecule has 84 valence electrons. The molecule has 7 heteroatoms. The van der Waals surface area contributed by atoms with Gasteiger partial charge in [0.05, 0.1) is 6.61 Å². The second-order valence-electron chi connectivity index (χ2n) is 2.71. The van der Waals surface area contributed by atoms with E-state index >= 15 is 0 Å². The van der Waals surface area contributed by atoms with Crippen LogP contribution in [0.4, 0.5) is 13.2 Å². The Morgan fingerprint density at radius 3 is 2.53 bits per heavy atom. The summed E-state index contributed by atoms with van der Waals surface area (Å²) in [7, 11) is 0. The van der Waals surface area contributed by atoms with Gasteiger partial charge in [0.25, 0.3) is 0 Å². The van der Waals surface area contributed by atoms with Gasteiger partial charge < -0.3 is 9.84 Å². The lowest BCUT2D eigenvalue weighted by Gasteiger charge is -2.11. The average Bonchev–Trinajstić information content (AvgIpc) is 1.99. The zero-order valence-corrected chi connectivity index (χ0v) is 9.76. The second-order valence-corrected chi connectivity index (χ2v) is 3.87. The zero-order chi connectivity index (χ0) is 11.6. The molecule has 0 bridgehead atoms. The van der Waals surface area contributed by atoms with Crippen molar-refractivity contribution in [3.8, 4) is 5.88 Å². The number of hydrogen-bond acceptors (Lipinski definition) is 3. The van der Waals surface area contributed by atoms with Crippen LogP contribution >= 0.6 is 22.6 Å². The monoisotopic (exact) mass is 333 g/mol. The normalized spacial score (nSPS) is 11.6. The molecule has 0 aromatic carbocycles. The summed E-state index contributed by atoms with van der Waals surface area (Å²) in [6, 6.07) is 1.13. The van der Waals surface area contributed by atoms with Gasteiger partial charge in [0.15, 0.2) is 0 Å². The molecule has 0 aliphatic rings. The van der Waals surface area contributed by atoms with Gasteiger partial charge in [0.2, 0.25) is 5.88 Å².